The Morgan fingerprint density at radius 2 is 1.97 bits per heavy atom. The van der Waals surface area contributed by atoms with Gasteiger partial charge in [-0.15, -0.1) is 0 Å². The molecule has 0 bridgehead atoms. The summed E-state index contributed by atoms with van der Waals surface area (Å²) in [6.45, 7) is 2.90. The Balaban J connectivity index is 1.80. The van der Waals surface area contributed by atoms with Gasteiger partial charge in [0.25, 0.3) is 0 Å². The fourth-order valence-electron chi connectivity index (χ4n) is 4.08. The highest BCUT2D eigenvalue weighted by Gasteiger charge is 2.39. The van der Waals surface area contributed by atoms with E-state index in [0.29, 0.717) is 38.1 Å². The number of carbonyl (C=O) groups is 1. The van der Waals surface area contributed by atoms with Gasteiger partial charge in [0.2, 0.25) is 0 Å². The third-order valence-corrected chi connectivity index (χ3v) is 5.73. The zero-order valence-electron chi connectivity index (χ0n) is 18.3. The number of hydrogen-bond donors (Lipinski definition) is 3. The number of alkyl halides is 6. The Labute approximate surface area is 191 Å². The molecule has 3 rings (SSSR count). The molecule has 1 saturated heterocycles. The molecule has 3 unspecified atom stereocenters. The molecule has 2 aromatic rings. The van der Waals surface area contributed by atoms with Gasteiger partial charge in [0.1, 0.15) is 5.69 Å². The first-order valence-electron chi connectivity index (χ1n) is 10.8. The molecule has 0 radical (unpaired) electrons. The summed E-state index contributed by atoms with van der Waals surface area (Å²) in [6.07, 6.45) is -10.4. The average Bonchev–Trinajstić information content (AvgIpc) is 2.77. The van der Waals surface area contributed by atoms with Gasteiger partial charge in [-0.05, 0) is 56.5 Å². The van der Waals surface area contributed by atoms with Crippen molar-refractivity contribution in [3.05, 3.63) is 41.1 Å². The Morgan fingerprint density at radius 1 is 1.24 bits per heavy atom. The summed E-state index contributed by atoms with van der Waals surface area (Å²) in [4.78, 5) is 14.6. The summed E-state index contributed by atoms with van der Waals surface area (Å²) in [5.74, 6) is -0.294. The topological polar surface area (TPSA) is 83.5 Å². The standard InChI is InChI=1S/C22H25F6N3O3/c1-2-34-18(32)11-29-9-12-6-7-16(30-10-12)20(33)14-8-17(22(26,27)28)31-19-13(14)4-3-5-15(19)21(23,24)25/h3-5,8,12,16,20,29-30,33H,2,6-7,9-11H2,1H3. The van der Waals surface area contributed by atoms with Crippen LogP contribution in [0.4, 0.5) is 26.3 Å². The number of aliphatic hydroxyl groups is 1. The number of piperidine rings is 1. The van der Waals surface area contributed by atoms with Crippen molar-refractivity contribution in [1.82, 2.24) is 15.6 Å². The molecule has 34 heavy (non-hydrogen) atoms. The van der Waals surface area contributed by atoms with Crippen LogP contribution in [0.5, 0.6) is 0 Å². The van der Waals surface area contributed by atoms with Crippen LogP contribution in [-0.4, -0.2) is 48.3 Å². The van der Waals surface area contributed by atoms with E-state index in [1.165, 1.54) is 6.07 Å². The molecule has 0 saturated carbocycles. The number of carbonyl (C=O) groups excluding carboxylic acids is 1. The lowest BCUT2D eigenvalue weighted by Gasteiger charge is -2.33. The Morgan fingerprint density at radius 3 is 2.56 bits per heavy atom. The highest BCUT2D eigenvalue weighted by Crippen LogP contribution is 2.40. The number of esters is 1. The molecular formula is C22H25F6N3O3. The van der Waals surface area contributed by atoms with Gasteiger partial charge in [-0.3, -0.25) is 4.79 Å². The van der Waals surface area contributed by atoms with Gasteiger partial charge in [-0.2, -0.15) is 26.3 Å². The van der Waals surface area contributed by atoms with E-state index < -0.39 is 41.3 Å². The van der Waals surface area contributed by atoms with Crippen molar-refractivity contribution in [2.75, 3.05) is 26.2 Å². The average molecular weight is 493 g/mol. The number of fused-ring (bicyclic) bond motifs is 1. The molecular weight excluding hydrogens is 468 g/mol. The minimum absolute atomic E-state index is 0.0428. The van der Waals surface area contributed by atoms with Crippen molar-refractivity contribution in [1.29, 1.82) is 0 Å². The number of halogens is 6. The van der Waals surface area contributed by atoms with Crippen molar-refractivity contribution < 1.29 is 41.0 Å². The van der Waals surface area contributed by atoms with Crippen molar-refractivity contribution in [2.45, 2.75) is 44.3 Å². The Hall–Kier alpha value is -2.44. The second kappa shape index (κ2) is 10.4. The first-order valence-corrected chi connectivity index (χ1v) is 10.8. The van der Waals surface area contributed by atoms with Crippen LogP contribution in [0, 0.1) is 5.92 Å². The minimum Gasteiger partial charge on any atom is -0.465 e. The number of ether oxygens (including phenoxy) is 1. The number of nitrogens with zero attached hydrogens (tertiary/aromatic N) is 1. The van der Waals surface area contributed by atoms with Crippen molar-refractivity contribution in [3.8, 4) is 0 Å². The maximum atomic E-state index is 13.4. The normalized spacial score (nSPS) is 20.4. The van der Waals surface area contributed by atoms with E-state index in [-0.39, 0.29) is 36.0 Å². The molecule has 1 aromatic carbocycles. The lowest BCUT2D eigenvalue weighted by Crippen LogP contribution is -2.45. The number of aromatic nitrogens is 1. The second-order valence-corrected chi connectivity index (χ2v) is 8.13. The summed E-state index contributed by atoms with van der Waals surface area (Å²) in [5, 5.41) is 16.8. The van der Waals surface area contributed by atoms with Gasteiger partial charge in [0.15, 0.2) is 0 Å². The molecule has 1 fully saturated rings. The molecule has 3 N–H and O–H groups in total. The van der Waals surface area contributed by atoms with E-state index in [4.69, 9.17) is 4.74 Å². The monoisotopic (exact) mass is 493 g/mol. The number of rotatable bonds is 7. The van der Waals surface area contributed by atoms with Crippen LogP contribution in [0.3, 0.4) is 0 Å². The van der Waals surface area contributed by atoms with Gasteiger partial charge >= 0.3 is 18.3 Å². The fraction of sp³-hybridized carbons (Fsp3) is 0.545. The van der Waals surface area contributed by atoms with Crippen LogP contribution in [0.2, 0.25) is 0 Å². The van der Waals surface area contributed by atoms with Crippen LogP contribution >= 0.6 is 0 Å². The van der Waals surface area contributed by atoms with E-state index in [1.807, 2.05) is 0 Å². The Kier molecular flexibility index (Phi) is 8.04. The predicted molar refractivity (Wildman–Crippen MR) is 111 cm³/mol. The molecule has 2 heterocycles. The molecule has 1 aliphatic rings. The van der Waals surface area contributed by atoms with Crippen LogP contribution in [-0.2, 0) is 21.9 Å². The summed E-state index contributed by atoms with van der Waals surface area (Å²) in [5.41, 5.74) is -3.91. The lowest BCUT2D eigenvalue weighted by atomic mass is 9.88. The van der Waals surface area contributed by atoms with E-state index in [2.05, 4.69) is 15.6 Å². The van der Waals surface area contributed by atoms with Gasteiger partial charge in [0.05, 0.1) is 30.3 Å². The van der Waals surface area contributed by atoms with Crippen molar-refractivity contribution in [3.63, 3.8) is 0 Å². The fourth-order valence-corrected chi connectivity index (χ4v) is 4.08. The maximum Gasteiger partial charge on any atom is 0.433 e. The third-order valence-electron chi connectivity index (χ3n) is 5.73. The van der Waals surface area contributed by atoms with Crippen LogP contribution in [0.25, 0.3) is 10.9 Å². The molecule has 6 nitrogen and oxygen atoms in total. The van der Waals surface area contributed by atoms with Crippen molar-refractivity contribution >= 4 is 16.9 Å². The SMILES string of the molecule is CCOC(=O)CNCC1CCC(C(O)c2cc(C(F)(F)F)nc3c(C(F)(F)F)cccc23)NC1. The van der Waals surface area contributed by atoms with Gasteiger partial charge in [-0.25, -0.2) is 4.98 Å². The van der Waals surface area contributed by atoms with E-state index in [0.717, 1.165) is 6.07 Å². The summed E-state index contributed by atoms with van der Waals surface area (Å²) < 4.78 is 85.4. The zero-order valence-corrected chi connectivity index (χ0v) is 18.3. The second-order valence-electron chi connectivity index (χ2n) is 8.13. The summed E-state index contributed by atoms with van der Waals surface area (Å²) >= 11 is 0. The molecule has 0 spiro atoms. The highest BCUT2D eigenvalue weighted by atomic mass is 19.4. The third kappa shape index (κ3) is 6.16. The summed E-state index contributed by atoms with van der Waals surface area (Å²) in [7, 11) is 0. The smallest absolute Gasteiger partial charge is 0.433 e. The number of nitrogens with one attached hydrogen (secondary N) is 2. The minimum atomic E-state index is -4.99. The molecule has 1 aromatic heterocycles. The van der Waals surface area contributed by atoms with Crippen molar-refractivity contribution in [2.24, 2.45) is 5.92 Å². The van der Waals surface area contributed by atoms with E-state index in [9.17, 15) is 36.2 Å². The number of pyridine rings is 1. The number of para-hydroxylation sites is 1. The molecule has 12 heteroatoms. The van der Waals surface area contributed by atoms with E-state index >= 15 is 0 Å². The maximum absolute atomic E-state index is 13.4. The number of aliphatic hydroxyl groups excluding tert-OH is 1. The van der Waals surface area contributed by atoms with Gasteiger partial charge in [-0.1, -0.05) is 12.1 Å². The summed E-state index contributed by atoms with van der Waals surface area (Å²) in [6, 6.07) is 2.92. The zero-order chi connectivity index (χ0) is 25.1. The van der Waals surface area contributed by atoms with Gasteiger partial charge in [0, 0.05) is 11.4 Å². The largest absolute Gasteiger partial charge is 0.465 e. The van der Waals surface area contributed by atoms with Gasteiger partial charge < -0.3 is 20.5 Å². The predicted octanol–water partition coefficient (Wildman–Crippen LogP) is 3.83. The number of benzene rings is 1. The molecule has 1 aliphatic heterocycles. The molecule has 3 atom stereocenters. The first kappa shape index (κ1) is 26.2. The highest BCUT2D eigenvalue weighted by molar-refractivity contribution is 5.86. The van der Waals surface area contributed by atoms with Crippen LogP contribution in [0.1, 0.15) is 42.7 Å². The van der Waals surface area contributed by atoms with Crippen LogP contribution in [0.15, 0.2) is 24.3 Å². The lowest BCUT2D eigenvalue weighted by molar-refractivity contribution is -0.142. The van der Waals surface area contributed by atoms with Crippen LogP contribution < -0.4 is 10.6 Å². The quantitative estimate of drug-likeness (QED) is 0.402. The number of hydrogen-bond acceptors (Lipinski definition) is 6. The molecule has 0 aliphatic carbocycles. The van der Waals surface area contributed by atoms with E-state index in [1.54, 1.807) is 6.92 Å². The molecule has 0 amide bonds. The Bertz CT molecular complexity index is 1000. The first-order chi connectivity index (χ1) is 15.9. The molecule has 188 valence electrons.